The van der Waals surface area contributed by atoms with E-state index in [4.69, 9.17) is 5.73 Å². The van der Waals surface area contributed by atoms with E-state index in [9.17, 15) is 14.0 Å². The monoisotopic (exact) mass is 332 g/mol. The maximum atomic E-state index is 13.4. The fourth-order valence-corrected chi connectivity index (χ4v) is 3.23. The van der Waals surface area contributed by atoms with Gasteiger partial charge in [-0.15, -0.1) is 0 Å². The Hall–Kier alpha value is -2.41. The SMILES string of the molecule is CN1CCN(C(=O)c2cc3cc(F)ccc3n2C)CC(C(N)=O)C1. The summed E-state index contributed by atoms with van der Waals surface area (Å²) in [7, 11) is 3.69. The number of aryl methyl sites for hydroxylation is 1. The highest BCUT2D eigenvalue weighted by molar-refractivity contribution is 5.99. The van der Waals surface area contributed by atoms with E-state index in [2.05, 4.69) is 0 Å². The van der Waals surface area contributed by atoms with E-state index >= 15 is 0 Å². The number of carbonyl (C=O) groups excluding carboxylic acids is 2. The Balaban J connectivity index is 1.93. The molecule has 2 N–H and O–H groups in total. The van der Waals surface area contributed by atoms with Gasteiger partial charge >= 0.3 is 0 Å². The van der Waals surface area contributed by atoms with Crippen molar-refractivity contribution in [2.45, 2.75) is 0 Å². The summed E-state index contributed by atoms with van der Waals surface area (Å²) in [5, 5.41) is 0.680. The van der Waals surface area contributed by atoms with Gasteiger partial charge in [0.2, 0.25) is 5.91 Å². The summed E-state index contributed by atoms with van der Waals surface area (Å²) in [5.41, 5.74) is 6.72. The first-order valence-electron chi connectivity index (χ1n) is 7.89. The lowest BCUT2D eigenvalue weighted by atomic mass is 10.1. The fourth-order valence-electron chi connectivity index (χ4n) is 3.23. The van der Waals surface area contributed by atoms with Gasteiger partial charge in [0.15, 0.2) is 0 Å². The number of benzene rings is 1. The molecule has 7 heteroatoms. The van der Waals surface area contributed by atoms with Crippen molar-refractivity contribution in [2.75, 3.05) is 33.2 Å². The molecular formula is C17H21FN4O2. The van der Waals surface area contributed by atoms with Crippen LogP contribution < -0.4 is 5.73 Å². The van der Waals surface area contributed by atoms with Crippen LogP contribution in [0.5, 0.6) is 0 Å². The van der Waals surface area contributed by atoms with Gasteiger partial charge in [0.05, 0.1) is 5.92 Å². The van der Waals surface area contributed by atoms with Crippen LogP contribution in [0.2, 0.25) is 0 Å². The number of hydrogen-bond acceptors (Lipinski definition) is 3. The highest BCUT2D eigenvalue weighted by atomic mass is 19.1. The van der Waals surface area contributed by atoms with Gasteiger partial charge in [-0.2, -0.15) is 0 Å². The largest absolute Gasteiger partial charge is 0.369 e. The number of nitrogens with zero attached hydrogens (tertiary/aromatic N) is 3. The van der Waals surface area contributed by atoms with Gasteiger partial charge in [-0.05, 0) is 31.3 Å². The Morgan fingerprint density at radius 1 is 1.17 bits per heavy atom. The number of likely N-dealkylation sites (N-methyl/N-ethyl adjacent to an activating group) is 1. The van der Waals surface area contributed by atoms with E-state index < -0.39 is 11.8 Å². The van der Waals surface area contributed by atoms with Crippen LogP contribution in [0.1, 0.15) is 10.5 Å². The molecule has 3 rings (SSSR count). The van der Waals surface area contributed by atoms with Crippen molar-refractivity contribution in [3.05, 3.63) is 35.8 Å². The van der Waals surface area contributed by atoms with E-state index in [1.165, 1.54) is 12.1 Å². The lowest BCUT2D eigenvalue weighted by molar-refractivity contribution is -0.122. The van der Waals surface area contributed by atoms with Crippen LogP contribution in [-0.4, -0.2) is 59.4 Å². The second kappa shape index (κ2) is 6.24. The molecule has 1 fully saturated rings. The van der Waals surface area contributed by atoms with E-state index in [0.717, 1.165) is 5.52 Å². The van der Waals surface area contributed by atoms with Gasteiger partial charge in [-0.3, -0.25) is 9.59 Å². The number of hydrogen-bond donors (Lipinski definition) is 1. The number of carbonyl (C=O) groups is 2. The van der Waals surface area contributed by atoms with Crippen LogP contribution in [0.15, 0.2) is 24.3 Å². The first-order valence-corrected chi connectivity index (χ1v) is 7.89. The highest BCUT2D eigenvalue weighted by Gasteiger charge is 2.29. The number of halogens is 1. The summed E-state index contributed by atoms with van der Waals surface area (Å²) >= 11 is 0. The van der Waals surface area contributed by atoms with Gasteiger partial charge in [0.1, 0.15) is 11.5 Å². The molecule has 0 saturated carbocycles. The topological polar surface area (TPSA) is 71.6 Å². The molecule has 1 unspecified atom stereocenters. The molecule has 128 valence electrons. The molecule has 1 aromatic heterocycles. The van der Waals surface area contributed by atoms with Gasteiger partial charge in [-0.25, -0.2) is 4.39 Å². The Labute approximate surface area is 139 Å². The second-order valence-electron chi connectivity index (χ2n) is 6.40. The molecule has 2 amide bonds. The summed E-state index contributed by atoms with van der Waals surface area (Å²) in [5.74, 6) is -1.30. The minimum Gasteiger partial charge on any atom is -0.369 e. The third kappa shape index (κ3) is 2.99. The van der Waals surface area contributed by atoms with Crippen molar-refractivity contribution in [1.82, 2.24) is 14.4 Å². The normalized spacial score (nSPS) is 19.5. The molecule has 1 atom stereocenters. The first-order chi connectivity index (χ1) is 11.4. The standard InChI is InChI=1S/C17H21FN4O2/c1-20-5-6-22(10-12(9-20)16(19)23)17(24)15-8-11-7-13(18)3-4-14(11)21(15)2/h3-4,7-8,12H,5-6,9-10H2,1-2H3,(H2,19,23). The Morgan fingerprint density at radius 3 is 2.62 bits per heavy atom. The fraction of sp³-hybridized carbons (Fsp3) is 0.412. The number of fused-ring (bicyclic) bond motifs is 1. The van der Waals surface area contributed by atoms with Crippen LogP contribution in [0.4, 0.5) is 4.39 Å². The van der Waals surface area contributed by atoms with Gasteiger partial charge in [-0.1, -0.05) is 0 Å². The Morgan fingerprint density at radius 2 is 1.92 bits per heavy atom. The summed E-state index contributed by atoms with van der Waals surface area (Å²) in [4.78, 5) is 28.2. The average Bonchev–Trinajstić information content (AvgIpc) is 2.72. The molecular weight excluding hydrogens is 311 g/mol. The van der Waals surface area contributed by atoms with Gasteiger partial charge < -0.3 is 20.1 Å². The van der Waals surface area contributed by atoms with Crippen LogP contribution in [-0.2, 0) is 11.8 Å². The molecule has 1 aromatic carbocycles. The molecule has 0 radical (unpaired) electrons. The average molecular weight is 332 g/mol. The van der Waals surface area contributed by atoms with Crippen molar-refractivity contribution in [3.63, 3.8) is 0 Å². The lowest BCUT2D eigenvalue weighted by Crippen LogP contribution is -2.40. The highest BCUT2D eigenvalue weighted by Crippen LogP contribution is 2.22. The van der Waals surface area contributed by atoms with Crippen molar-refractivity contribution in [1.29, 1.82) is 0 Å². The summed E-state index contributed by atoms with van der Waals surface area (Å²) in [6.07, 6.45) is 0. The van der Waals surface area contributed by atoms with Gasteiger partial charge in [0.25, 0.3) is 5.91 Å². The molecule has 24 heavy (non-hydrogen) atoms. The van der Waals surface area contributed by atoms with Crippen LogP contribution in [0.3, 0.4) is 0 Å². The molecule has 0 bridgehead atoms. The third-order valence-electron chi connectivity index (χ3n) is 4.64. The third-order valence-corrected chi connectivity index (χ3v) is 4.64. The van der Waals surface area contributed by atoms with Crippen LogP contribution in [0.25, 0.3) is 10.9 Å². The number of aromatic nitrogens is 1. The van der Waals surface area contributed by atoms with Crippen LogP contribution in [0, 0.1) is 11.7 Å². The molecule has 0 aliphatic carbocycles. The summed E-state index contributed by atoms with van der Waals surface area (Å²) in [6.45, 7) is 2.04. The zero-order valence-corrected chi connectivity index (χ0v) is 13.8. The number of nitrogens with two attached hydrogens (primary N) is 1. The van der Waals surface area contributed by atoms with E-state index in [1.54, 1.807) is 28.6 Å². The van der Waals surface area contributed by atoms with Crippen LogP contribution >= 0.6 is 0 Å². The van der Waals surface area contributed by atoms with E-state index in [0.29, 0.717) is 37.3 Å². The zero-order valence-electron chi connectivity index (χ0n) is 13.8. The predicted octanol–water partition coefficient (Wildman–Crippen LogP) is 0.807. The lowest BCUT2D eigenvalue weighted by Gasteiger charge is -2.22. The summed E-state index contributed by atoms with van der Waals surface area (Å²) < 4.78 is 15.2. The van der Waals surface area contributed by atoms with Crippen molar-refractivity contribution < 1.29 is 14.0 Å². The minimum atomic E-state index is -0.402. The number of amides is 2. The van der Waals surface area contributed by atoms with Gasteiger partial charge in [0, 0.05) is 44.1 Å². The zero-order chi connectivity index (χ0) is 17.4. The predicted molar refractivity (Wildman–Crippen MR) is 89.0 cm³/mol. The quantitative estimate of drug-likeness (QED) is 0.884. The van der Waals surface area contributed by atoms with Crippen molar-refractivity contribution in [2.24, 2.45) is 18.7 Å². The second-order valence-corrected chi connectivity index (χ2v) is 6.40. The minimum absolute atomic E-state index is 0.171. The molecule has 2 heterocycles. The molecule has 1 aliphatic rings. The number of rotatable bonds is 2. The van der Waals surface area contributed by atoms with E-state index in [1.807, 2.05) is 11.9 Å². The molecule has 1 aliphatic heterocycles. The first kappa shape index (κ1) is 16.4. The maximum absolute atomic E-state index is 13.4. The van der Waals surface area contributed by atoms with Crippen molar-refractivity contribution in [3.8, 4) is 0 Å². The molecule has 1 saturated heterocycles. The molecule has 6 nitrogen and oxygen atoms in total. The van der Waals surface area contributed by atoms with Crippen molar-refractivity contribution >= 4 is 22.7 Å². The summed E-state index contributed by atoms with van der Waals surface area (Å²) in [6, 6.07) is 6.13. The number of primary amides is 1. The smallest absolute Gasteiger partial charge is 0.270 e. The Bertz CT molecular complexity index is 801. The Kier molecular flexibility index (Phi) is 4.28. The molecule has 0 spiro atoms. The van der Waals surface area contributed by atoms with E-state index in [-0.39, 0.29) is 11.7 Å². The molecule has 2 aromatic rings. The maximum Gasteiger partial charge on any atom is 0.270 e.